The molecule has 4 heterocycles. The summed E-state index contributed by atoms with van der Waals surface area (Å²) >= 11 is 2.93. The van der Waals surface area contributed by atoms with E-state index in [9.17, 15) is 4.79 Å². The van der Waals surface area contributed by atoms with Crippen LogP contribution in [0.5, 0.6) is 11.5 Å². The van der Waals surface area contributed by atoms with E-state index in [4.69, 9.17) is 14.5 Å². The highest BCUT2D eigenvalue weighted by atomic mass is 32.2. The number of amides is 1. The molecule has 156 valence electrons. The Morgan fingerprint density at radius 2 is 1.90 bits per heavy atom. The molecule has 3 aromatic rings. The molecular weight excluding hydrogens is 420 g/mol. The first kappa shape index (κ1) is 19.4. The van der Waals surface area contributed by atoms with Crippen LogP contribution in [0.1, 0.15) is 28.9 Å². The maximum Gasteiger partial charge on any atom is 0.265 e. The Bertz CT molecular complexity index is 1100. The molecule has 2 aliphatic heterocycles. The van der Waals surface area contributed by atoms with E-state index in [1.807, 2.05) is 24.5 Å². The number of piperidine rings is 1. The third-order valence-electron chi connectivity index (χ3n) is 5.21. The van der Waals surface area contributed by atoms with Crippen LogP contribution in [0.3, 0.4) is 0 Å². The Balaban J connectivity index is 1.44. The van der Waals surface area contributed by atoms with Crippen LogP contribution >= 0.6 is 23.1 Å². The van der Waals surface area contributed by atoms with E-state index in [1.165, 1.54) is 42.4 Å². The molecule has 2 aliphatic rings. The van der Waals surface area contributed by atoms with Crippen molar-refractivity contribution in [3.63, 3.8) is 0 Å². The second kappa shape index (κ2) is 8.31. The van der Waals surface area contributed by atoms with Crippen molar-refractivity contribution >= 4 is 50.7 Å². The number of hydrogen-bond acceptors (Lipinski definition) is 8. The first-order valence-electron chi connectivity index (χ1n) is 10.0. The minimum atomic E-state index is -0.162. The van der Waals surface area contributed by atoms with Gasteiger partial charge in [0.25, 0.3) is 5.91 Å². The summed E-state index contributed by atoms with van der Waals surface area (Å²) in [6.07, 6.45) is 5.57. The molecule has 0 atom stereocenters. The monoisotopic (exact) mass is 442 g/mol. The summed E-state index contributed by atoms with van der Waals surface area (Å²) in [4.78, 5) is 26.2. The van der Waals surface area contributed by atoms with E-state index >= 15 is 0 Å². The van der Waals surface area contributed by atoms with Gasteiger partial charge in [-0.3, -0.25) is 4.79 Å². The van der Waals surface area contributed by atoms with Gasteiger partial charge in [-0.05, 0) is 43.7 Å². The second-order valence-corrected chi connectivity index (χ2v) is 9.03. The van der Waals surface area contributed by atoms with Gasteiger partial charge < -0.3 is 19.7 Å². The molecule has 7 nitrogen and oxygen atoms in total. The van der Waals surface area contributed by atoms with Gasteiger partial charge in [-0.2, -0.15) is 0 Å². The SMILES string of the molecule is CSc1nc(N2CCCCC2)c2cc(C(=O)Nc3ccc4c(c3)OCCO4)sc2n1. The van der Waals surface area contributed by atoms with Crippen LogP contribution in [-0.4, -0.2) is 48.4 Å². The van der Waals surface area contributed by atoms with Crippen molar-refractivity contribution in [2.75, 3.05) is 42.8 Å². The highest BCUT2D eigenvalue weighted by molar-refractivity contribution is 7.98. The molecule has 0 saturated carbocycles. The number of carbonyl (C=O) groups excluding carboxylic acids is 1. The summed E-state index contributed by atoms with van der Waals surface area (Å²) in [7, 11) is 0. The quantitative estimate of drug-likeness (QED) is 0.473. The molecule has 0 unspecified atom stereocenters. The molecular formula is C21H22N4O3S2. The third-order valence-corrected chi connectivity index (χ3v) is 6.79. The van der Waals surface area contributed by atoms with Crippen LogP contribution in [0, 0.1) is 0 Å². The number of ether oxygens (including phenoxy) is 2. The molecule has 0 radical (unpaired) electrons. The van der Waals surface area contributed by atoms with E-state index < -0.39 is 0 Å². The lowest BCUT2D eigenvalue weighted by Gasteiger charge is -2.28. The maximum atomic E-state index is 13.0. The van der Waals surface area contributed by atoms with Gasteiger partial charge in [-0.15, -0.1) is 11.3 Å². The number of thiophene rings is 1. The van der Waals surface area contributed by atoms with Crippen molar-refractivity contribution in [1.82, 2.24) is 9.97 Å². The van der Waals surface area contributed by atoms with Crippen LogP contribution in [0.2, 0.25) is 0 Å². The fraction of sp³-hybridized carbons (Fsp3) is 0.381. The summed E-state index contributed by atoms with van der Waals surface area (Å²) < 4.78 is 11.2. The first-order chi connectivity index (χ1) is 14.7. The Morgan fingerprint density at radius 3 is 2.70 bits per heavy atom. The summed E-state index contributed by atoms with van der Waals surface area (Å²) in [5, 5.41) is 4.66. The van der Waals surface area contributed by atoms with Crippen molar-refractivity contribution < 1.29 is 14.3 Å². The zero-order valence-corrected chi connectivity index (χ0v) is 18.3. The van der Waals surface area contributed by atoms with Gasteiger partial charge in [-0.25, -0.2) is 9.97 Å². The fourth-order valence-corrected chi connectivity index (χ4v) is 5.09. The zero-order chi connectivity index (χ0) is 20.5. The molecule has 0 spiro atoms. The van der Waals surface area contributed by atoms with Crippen LogP contribution in [-0.2, 0) is 0 Å². The molecule has 9 heteroatoms. The number of aromatic nitrogens is 2. The van der Waals surface area contributed by atoms with Crippen molar-refractivity contribution in [2.45, 2.75) is 24.4 Å². The predicted molar refractivity (Wildman–Crippen MR) is 121 cm³/mol. The fourth-order valence-electron chi connectivity index (χ4n) is 3.75. The minimum Gasteiger partial charge on any atom is -0.486 e. The molecule has 0 bridgehead atoms. The lowest BCUT2D eigenvalue weighted by Crippen LogP contribution is -2.30. The van der Waals surface area contributed by atoms with E-state index in [1.54, 1.807) is 6.07 Å². The number of rotatable bonds is 4. The Morgan fingerprint density at radius 1 is 1.10 bits per heavy atom. The lowest BCUT2D eigenvalue weighted by molar-refractivity contribution is 0.103. The molecule has 0 aliphatic carbocycles. The van der Waals surface area contributed by atoms with E-state index in [2.05, 4.69) is 15.2 Å². The molecule has 1 N–H and O–H groups in total. The number of nitrogens with zero attached hydrogens (tertiary/aromatic N) is 3. The number of thioether (sulfide) groups is 1. The minimum absolute atomic E-state index is 0.162. The number of hydrogen-bond donors (Lipinski definition) is 1. The lowest BCUT2D eigenvalue weighted by atomic mass is 10.1. The number of nitrogens with one attached hydrogen (secondary N) is 1. The molecule has 30 heavy (non-hydrogen) atoms. The van der Waals surface area contributed by atoms with Gasteiger partial charge in [0.05, 0.1) is 10.3 Å². The number of fused-ring (bicyclic) bond motifs is 2. The van der Waals surface area contributed by atoms with E-state index in [0.29, 0.717) is 35.3 Å². The maximum absolute atomic E-state index is 13.0. The van der Waals surface area contributed by atoms with Gasteiger partial charge in [0.15, 0.2) is 16.7 Å². The van der Waals surface area contributed by atoms with Gasteiger partial charge in [-0.1, -0.05) is 11.8 Å². The number of anilines is 2. The molecule has 1 saturated heterocycles. The standard InChI is InChI=1S/C21H22N4O3S2/c1-29-21-23-18(25-7-3-2-4-8-25)14-12-17(30-20(14)24-21)19(26)22-13-5-6-15-16(11-13)28-10-9-27-15/h5-6,11-12H,2-4,7-10H2,1H3,(H,22,26). The summed E-state index contributed by atoms with van der Waals surface area (Å²) in [6, 6.07) is 7.36. The largest absolute Gasteiger partial charge is 0.486 e. The summed E-state index contributed by atoms with van der Waals surface area (Å²) in [5.41, 5.74) is 0.675. The first-order valence-corrected chi connectivity index (χ1v) is 12.1. The number of carbonyl (C=O) groups is 1. The molecule has 2 aromatic heterocycles. The molecule has 1 fully saturated rings. The second-order valence-electron chi connectivity index (χ2n) is 7.22. The Hall–Kier alpha value is -2.52. The van der Waals surface area contributed by atoms with Gasteiger partial charge >= 0.3 is 0 Å². The highest BCUT2D eigenvalue weighted by Crippen LogP contribution is 2.35. The third kappa shape index (κ3) is 3.79. The van der Waals surface area contributed by atoms with Crippen molar-refractivity contribution in [2.24, 2.45) is 0 Å². The van der Waals surface area contributed by atoms with Crippen molar-refractivity contribution in [3.8, 4) is 11.5 Å². The average Bonchev–Trinajstić information content (AvgIpc) is 3.23. The van der Waals surface area contributed by atoms with Crippen LogP contribution in [0.15, 0.2) is 29.4 Å². The van der Waals surface area contributed by atoms with E-state index in [0.717, 1.165) is 34.3 Å². The van der Waals surface area contributed by atoms with Crippen molar-refractivity contribution in [3.05, 3.63) is 29.1 Å². The Labute approximate surface area is 182 Å². The summed E-state index contributed by atoms with van der Waals surface area (Å²) in [6.45, 7) is 3.04. The normalized spacial score (nSPS) is 16.0. The Kier molecular flexibility index (Phi) is 5.39. The zero-order valence-electron chi connectivity index (χ0n) is 16.6. The topological polar surface area (TPSA) is 76.6 Å². The van der Waals surface area contributed by atoms with Crippen LogP contribution in [0.25, 0.3) is 10.2 Å². The van der Waals surface area contributed by atoms with Crippen molar-refractivity contribution in [1.29, 1.82) is 0 Å². The van der Waals surface area contributed by atoms with Crippen LogP contribution in [0.4, 0.5) is 11.5 Å². The predicted octanol–water partition coefficient (Wildman–Crippen LogP) is 4.43. The smallest absolute Gasteiger partial charge is 0.265 e. The van der Waals surface area contributed by atoms with Crippen LogP contribution < -0.4 is 19.7 Å². The molecule has 1 amide bonds. The average molecular weight is 443 g/mol. The highest BCUT2D eigenvalue weighted by Gasteiger charge is 2.21. The molecule has 5 rings (SSSR count). The van der Waals surface area contributed by atoms with Gasteiger partial charge in [0, 0.05) is 24.8 Å². The molecule has 1 aromatic carbocycles. The van der Waals surface area contributed by atoms with Gasteiger partial charge in [0.1, 0.15) is 23.9 Å². The number of benzene rings is 1. The summed E-state index contributed by atoms with van der Waals surface area (Å²) in [5.74, 6) is 2.13. The van der Waals surface area contributed by atoms with Gasteiger partial charge in [0.2, 0.25) is 0 Å². The van der Waals surface area contributed by atoms with E-state index in [-0.39, 0.29) is 5.91 Å².